The molecule has 0 atom stereocenters. The summed E-state index contributed by atoms with van der Waals surface area (Å²) in [7, 11) is 0. The normalized spacial score (nSPS) is 14.9. The molecular formula is C14H17N3O3. The minimum atomic E-state index is -0.560. The first-order chi connectivity index (χ1) is 9.72. The van der Waals surface area contributed by atoms with Gasteiger partial charge in [0.25, 0.3) is 5.69 Å². The van der Waals surface area contributed by atoms with Crippen molar-refractivity contribution in [2.45, 2.75) is 19.3 Å². The highest BCUT2D eigenvalue weighted by atomic mass is 16.6. The second-order valence-corrected chi connectivity index (χ2v) is 4.77. The highest BCUT2D eigenvalue weighted by Gasteiger charge is 2.18. The molecule has 1 aliphatic rings. The van der Waals surface area contributed by atoms with Gasteiger partial charge in [0, 0.05) is 12.6 Å². The zero-order valence-electron chi connectivity index (χ0n) is 11.2. The van der Waals surface area contributed by atoms with Gasteiger partial charge in [0.15, 0.2) is 5.56 Å². The molecule has 0 saturated carbocycles. The Balaban J connectivity index is 1.90. The van der Waals surface area contributed by atoms with E-state index in [-0.39, 0.29) is 11.3 Å². The molecule has 0 aromatic heterocycles. The van der Waals surface area contributed by atoms with Crippen molar-refractivity contribution in [3.63, 3.8) is 0 Å². The number of nitrogens with zero attached hydrogens (tertiary/aromatic N) is 3. The molecule has 1 aromatic rings. The minimum absolute atomic E-state index is 0.00123. The van der Waals surface area contributed by atoms with Crippen LogP contribution in [-0.4, -0.2) is 36.1 Å². The predicted molar refractivity (Wildman–Crippen MR) is 73.6 cm³/mol. The maximum atomic E-state index is 10.8. The van der Waals surface area contributed by atoms with Crippen molar-refractivity contribution in [1.29, 1.82) is 5.26 Å². The van der Waals surface area contributed by atoms with Crippen LogP contribution in [0.4, 0.5) is 5.69 Å². The molecule has 6 heteroatoms. The molecule has 1 saturated heterocycles. The van der Waals surface area contributed by atoms with Crippen molar-refractivity contribution in [2.24, 2.45) is 0 Å². The molecular weight excluding hydrogens is 258 g/mol. The lowest BCUT2D eigenvalue weighted by atomic mass is 10.2. The SMILES string of the molecule is N#Cc1c(OCCCN2CCCC2)cccc1[N+](=O)[O-]. The van der Waals surface area contributed by atoms with E-state index in [1.165, 1.54) is 25.0 Å². The Labute approximate surface area is 117 Å². The molecule has 1 heterocycles. The van der Waals surface area contributed by atoms with Gasteiger partial charge in [0.05, 0.1) is 11.5 Å². The lowest BCUT2D eigenvalue weighted by Crippen LogP contribution is -2.22. The van der Waals surface area contributed by atoms with Crippen LogP contribution < -0.4 is 4.74 Å². The summed E-state index contributed by atoms with van der Waals surface area (Å²) in [6.45, 7) is 3.71. The predicted octanol–water partition coefficient (Wildman–Crippen LogP) is 2.33. The Kier molecular flexibility index (Phi) is 4.91. The zero-order chi connectivity index (χ0) is 14.4. The minimum Gasteiger partial charge on any atom is -0.492 e. The average Bonchev–Trinajstić information content (AvgIpc) is 2.96. The first-order valence-electron chi connectivity index (χ1n) is 6.75. The largest absolute Gasteiger partial charge is 0.492 e. The number of ether oxygens (including phenoxy) is 1. The molecule has 1 aliphatic heterocycles. The standard InChI is InChI=1S/C14H17N3O3/c15-11-12-13(17(18)19)5-3-6-14(12)20-10-4-9-16-7-1-2-8-16/h3,5-6H,1-2,4,7-10H2. The molecule has 20 heavy (non-hydrogen) atoms. The third-order valence-electron chi connectivity index (χ3n) is 3.39. The van der Waals surface area contributed by atoms with Crippen LogP contribution in [0.3, 0.4) is 0 Å². The van der Waals surface area contributed by atoms with Crippen molar-refractivity contribution < 1.29 is 9.66 Å². The summed E-state index contributed by atoms with van der Waals surface area (Å²) in [5, 5.41) is 19.9. The van der Waals surface area contributed by atoms with Crippen LogP contribution in [0, 0.1) is 21.4 Å². The summed E-state index contributed by atoms with van der Waals surface area (Å²) >= 11 is 0. The number of benzene rings is 1. The number of nitriles is 1. The van der Waals surface area contributed by atoms with Crippen molar-refractivity contribution in [3.05, 3.63) is 33.9 Å². The van der Waals surface area contributed by atoms with Crippen LogP contribution in [0.15, 0.2) is 18.2 Å². The van der Waals surface area contributed by atoms with E-state index in [1.807, 2.05) is 6.07 Å². The van der Waals surface area contributed by atoms with Gasteiger partial charge >= 0.3 is 0 Å². The fraction of sp³-hybridized carbons (Fsp3) is 0.500. The smallest absolute Gasteiger partial charge is 0.290 e. The number of nitro benzene ring substituents is 1. The Morgan fingerprint density at radius 3 is 2.80 bits per heavy atom. The molecule has 0 aliphatic carbocycles. The summed E-state index contributed by atoms with van der Waals surface area (Å²) in [6, 6.07) is 6.30. The van der Waals surface area contributed by atoms with Gasteiger partial charge in [-0.25, -0.2) is 0 Å². The summed E-state index contributed by atoms with van der Waals surface area (Å²) in [6.07, 6.45) is 3.36. The topological polar surface area (TPSA) is 79.4 Å². The lowest BCUT2D eigenvalue weighted by molar-refractivity contribution is -0.385. The van der Waals surface area contributed by atoms with Gasteiger partial charge in [-0.15, -0.1) is 0 Å². The van der Waals surface area contributed by atoms with Crippen LogP contribution >= 0.6 is 0 Å². The second kappa shape index (κ2) is 6.87. The van der Waals surface area contributed by atoms with E-state index in [0.29, 0.717) is 12.4 Å². The molecule has 106 valence electrons. The fourth-order valence-electron chi connectivity index (χ4n) is 2.38. The summed E-state index contributed by atoms with van der Waals surface area (Å²) in [5.41, 5.74) is -0.205. The van der Waals surface area contributed by atoms with Gasteiger partial charge in [0.2, 0.25) is 0 Å². The van der Waals surface area contributed by atoms with Crippen LogP contribution in [-0.2, 0) is 0 Å². The molecule has 0 radical (unpaired) electrons. The number of hydrogen-bond donors (Lipinski definition) is 0. The Bertz CT molecular complexity index is 519. The quantitative estimate of drug-likeness (QED) is 0.452. The Hall–Kier alpha value is -2.13. The number of hydrogen-bond acceptors (Lipinski definition) is 5. The van der Waals surface area contributed by atoms with Crippen molar-refractivity contribution in [3.8, 4) is 11.8 Å². The van der Waals surface area contributed by atoms with Crippen LogP contribution in [0.1, 0.15) is 24.8 Å². The van der Waals surface area contributed by atoms with E-state index in [9.17, 15) is 10.1 Å². The van der Waals surface area contributed by atoms with E-state index in [1.54, 1.807) is 6.07 Å². The second-order valence-electron chi connectivity index (χ2n) is 4.77. The molecule has 0 spiro atoms. The Morgan fingerprint density at radius 2 is 2.15 bits per heavy atom. The number of likely N-dealkylation sites (tertiary alicyclic amines) is 1. The highest BCUT2D eigenvalue weighted by molar-refractivity contribution is 5.56. The monoisotopic (exact) mass is 275 g/mol. The summed E-state index contributed by atoms with van der Waals surface area (Å²) in [4.78, 5) is 12.6. The summed E-state index contributed by atoms with van der Waals surface area (Å²) in [5.74, 6) is 0.295. The highest BCUT2D eigenvalue weighted by Crippen LogP contribution is 2.27. The third-order valence-corrected chi connectivity index (χ3v) is 3.39. The maximum Gasteiger partial charge on any atom is 0.290 e. The Morgan fingerprint density at radius 1 is 1.40 bits per heavy atom. The molecule has 0 N–H and O–H groups in total. The number of rotatable bonds is 6. The van der Waals surface area contributed by atoms with Crippen molar-refractivity contribution in [1.82, 2.24) is 4.90 Å². The van der Waals surface area contributed by atoms with Gasteiger partial charge in [-0.1, -0.05) is 6.07 Å². The fourth-order valence-corrected chi connectivity index (χ4v) is 2.38. The van der Waals surface area contributed by atoms with Crippen LogP contribution in [0.2, 0.25) is 0 Å². The average molecular weight is 275 g/mol. The van der Waals surface area contributed by atoms with Gasteiger partial charge in [-0.05, 0) is 38.4 Å². The molecule has 6 nitrogen and oxygen atoms in total. The molecule has 0 amide bonds. The molecule has 0 unspecified atom stereocenters. The van der Waals surface area contributed by atoms with Crippen molar-refractivity contribution in [2.75, 3.05) is 26.2 Å². The summed E-state index contributed by atoms with van der Waals surface area (Å²) < 4.78 is 5.53. The lowest BCUT2D eigenvalue weighted by Gasteiger charge is -2.14. The third kappa shape index (κ3) is 3.45. The first kappa shape index (κ1) is 14.3. The molecule has 0 bridgehead atoms. The van der Waals surface area contributed by atoms with E-state index in [4.69, 9.17) is 10.00 Å². The van der Waals surface area contributed by atoms with Crippen LogP contribution in [0.25, 0.3) is 0 Å². The van der Waals surface area contributed by atoms with E-state index < -0.39 is 4.92 Å². The van der Waals surface area contributed by atoms with Crippen LogP contribution in [0.5, 0.6) is 5.75 Å². The van der Waals surface area contributed by atoms with Gasteiger partial charge in [-0.3, -0.25) is 10.1 Å². The maximum absolute atomic E-state index is 10.8. The zero-order valence-corrected chi connectivity index (χ0v) is 11.2. The molecule has 1 aromatic carbocycles. The van der Waals surface area contributed by atoms with Crippen molar-refractivity contribution >= 4 is 5.69 Å². The van der Waals surface area contributed by atoms with E-state index >= 15 is 0 Å². The van der Waals surface area contributed by atoms with E-state index in [0.717, 1.165) is 26.1 Å². The first-order valence-corrected chi connectivity index (χ1v) is 6.75. The molecule has 1 fully saturated rings. The van der Waals surface area contributed by atoms with Gasteiger partial charge in [-0.2, -0.15) is 5.26 Å². The molecule has 2 rings (SSSR count). The van der Waals surface area contributed by atoms with Gasteiger partial charge in [0.1, 0.15) is 11.8 Å². The number of nitro groups is 1. The van der Waals surface area contributed by atoms with Gasteiger partial charge < -0.3 is 9.64 Å². The van der Waals surface area contributed by atoms with E-state index in [2.05, 4.69) is 4.90 Å².